The van der Waals surface area contributed by atoms with E-state index in [1.54, 1.807) is 7.11 Å². The first kappa shape index (κ1) is 19.8. The van der Waals surface area contributed by atoms with Crippen molar-refractivity contribution in [3.05, 3.63) is 53.8 Å². The fourth-order valence-electron chi connectivity index (χ4n) is 3.25. The molecule has 0 spiro atoms. The lowest BCUT2D eigenvalue weighted by atomic mass is 9.86. The minimum Gasteiger partial charge on any atom is -0.547 e. The summed E-state index contributed by atoms with van der Waals surface area (Å²) in [5, 5.41) is 0. The molecule has 1 aliphatic rings. The van der Waals surface area contributed by atoms with Gasteiger partial charge in [0, 0.05) is 17.8 Å². The van der Waals surface area contributed by atoms with Gasteiger partial charge in [-0.1, -0.05) is 31.2 Å². The predicted molar refractivity (Wildman–Crippen MR) is 106 cm³/mol. The molecule has 0 saturated carbocycles. The van der Waals surface area contributed by atoms with Crippen LogP contribution in [-0.4, -0.2) is 22.0 Å². The number of hydrogen-bond donors (Lipinski definition) is 0. The first-order chi connectivity index (χ1) is 11.7. The summed E-state index contributed by atoms with van der Waals surface area (Å²) < 4.78 is 17.5. The summed E-state index contributed by atoms with van der Waals surface area (Å²) in [5.41, 5.74) is 2.34. The third-order valence-corrected chi connectivity index (χ3v) is 5.48. The highest BCUT2D eigenvalue weighted by Gasteiger charge is 2.37. The van der Waals surface area contributed by atoms with Crippen molar-refractivity contribution in [2.75, 3.05) is 13.7 Å². The van der Waals surface area contributed by atoms with Gasteiger partial charge in [-0.15, -0.1) is 0 Å². The molecule has 1 aliphatic carbocycles. The van der Waals surface area contributed by atoms with Gasteiger partial charge in [-0.05, 0) is 50.3 Å². The van der Waals surface area contributed by atoms with Gasteiger partial charge >= 0.3 is 0 Å². The van der Waals surface area contributed by atoms with Gasteiger partial charge in [0.25, 0.3) is 0 Å². The van der Waals surface area contributed by atoms with E-state index in [-0.39, 0.29) is 0 Å². The number of rotatable bonds is 8. The molecular weight excluding hydrogens is 328 g/mol. The first-order valence-electron chi connectivity index (χ1n) is 8.98. The molecule has 0 heterocycles. The van der Waals surface area contributed by atoms with Crippen molar-refractivity contribution < 1.29 is 13.9 Å². The van der Waals surface area contributed by atoms with Crippen LogP contribution in [0.2, 0.25) is 19.6 Å². The summed E-state index contributed by atoms with van der Waals surface area (Å²) in [6.45, 7) is 16.5. The summed E-state index contributed by atoms with van der Waals surface area (Å²) in [6, 6.07) is 8.03. The van der Waals surface area contributed by atoms with E-state index in [0.717, 1.165) is 17.1 Å². The van der Waals surface area contributed by atoms with Crippen LogP contribution in [0.15, 0.2) is 48.3 Å². The molecule has 0 N–H and O–H groups in total. The Labute approximate surface area is 153 Å². The molecule has 4 heteroatoms. The van der Waals surface area contributed by atoms with Crippen LogP contribution < -0.4 is 4.74 Å². The number of ether oxygens (including phenoxy) is 2. The van der Waals surface area contributed by atoms with Gasteiger partial charge in [0.2, 0.25) is 8.32 Å². The van der Waals surface area contributed by atoms with E-state index in [1.807, 2.05) is 24.3 Å². The second kappa shape index (κ2) is 8.24. The molecular formula is C21H32O3Si. The Morgan fingerprint density at radius 3 is 2.32 bits per heavy atom. The predicted octanol–water partition coefficient (Wildman–Crippen LogP) is 5.41. The smallest absolute Gasteiger partial charge is 0.241 e. The molecule has 0 radical (unpaired) electrons. The van der Waals surface area contributed by atoms with Crippen LogP contribution in [0, 0.1) is 17.8 Å². The van der Waals surface area contributed by atoms with Crippen molar-refractivity contribution in [2.24, 2.45) is 17.8 Å². The van der Waals surface area contributed by atoms with Crippen LogP contribution in [-0.2, 0) is 15.8 Å². The van der Waals surface area contributed by atoms with E-state index in [4.69, 9.17) is 13.9 Å². The summed E-state index contributed by atoms with van der Waals surface area (Å²) in [6.07, 6.45) is 2.27. The summed E-state index contributed by atoms with van der Waals surface area (Å²) in [4.78, 5) is 0. The molecule has 1 aromatic carbocycles. The number of methoxy groups -OCH3 is 1. The van der Waals surface area contributed by atoms with Crippen molar-refractivity contribution in [3.63, 3.8) is 0 Å². The molecule has 0 fully saturated rings. The Balaban J connectivity index is 1.96. The van der Waals surface area contributed by atoms with Crippen molar-refractivity contribution >= 4 is 8.32 Å². The third-order valence-electron chi connectivity index (χ3n) is 4.63. The average molecular weight is 361 g/mol. The maximum absolute atomic E-state index is 6.30. The zero-order valence-electron chi connectivity index (χ0n) is 16.5. The van der Waals surface area contributed by atoms with E-state index in [2.05, 4.69) is 46.1 Å². The van der Waals surface area contributed by atoms with E-state index in [1.165, 1.54) is 5.57 Å². The van der Waals surface area contributed by atoms with E-state index < -0.39 is 8.32 Å². The standard InChI is InChI=1S/C21H32O3Si/c1-15(2)19-12-21(24-25(5,6)7)16(3)20(19)14-23-13-17-8-10-18(22-4)11-9-17/h8-12,16,19-20H,1,13-14H2,2-7H3/t16-,19-,20-/m1/s1. The van der Waals surface area contributed by atoms with Crippen LogP contribution in [0.1, 0.15) is 19.4 Å². The maximum Gasteiger partial charge on any atom is 0.241 e. The third kappa shape index (κ3) is 5.48. The molecule has 1 aromatic rings. The fraction of sp³-hybridized carbons (Fsp3) is 0.524. The largest absolute Gasteiger partial charge is 0.547 e. The average Bonchev–Trinajstić information content (AvgIpc) is 2.83. The van der Waals surface area contributed by atoms with E-state index in [0.29, 0.717) is 31.0 Å². The van der Waals surface area contributed by atoms with Gasteiger partial charge in [0.15, 0.2) is 0 Å². The number of hydrogen-bond acceptors (Lipinski definition) is 3. The Kier molecular flexibility index (Phi) is 6.52. The van der Waals surface area contributed by atoms with Gasteiger partial charge in [-0.2, -0.15) is 0 Å². The van der Waals surface area contributed by atoms with Gasteiger partial charge in [-0.3, -0.25) is 0 Å². The summed E-state index contributed by atoms with van der Waals surface area (Å²) >= 11 is 0. The minimum atomic E-state index is -1.60. The molecule has 0 bridgehead atoms. The van der Waals surface area contributed by atoms with Crippen LogP contribution >= 0.6 is 0 Å². The Morgan fingerprint density at radius 2 is 1.80 bits per heavy atom. The molecule has 0 aliphatic heterocycles. The lowest BCUT2D eigenvalue weighted by Gasteiger charge is -2.27. The molecule has 3 nitrogen and oxygen atoms in total. The number of benzene rings is 1. The lowest BCUT2D eigenvalue weighted by Crippen LogP contribution is -2.28. The monoisotopic (exact) mass is 360 g/mol. The zero-order chi connectivity index (χ0) is 18.6. The second-order valence-corrected chi connectivity index (χ2v) is 12.4. The summed E-state index contributed by atoms with van der Waals surface area (Å²) in [7, 11) is 0.0768. The van der Waals surface area contributed by atoms with Crippen molar-refractivity contribution in [3.8, 4) is 5.75 Å². The quantitative estimate of drug-likeness (QED) is 0.458. The first-order valence-corrected chi connectivity index (χ1v) is 12.4. The minimum absolute atomic E-state index is 0.331. The Morgan fingerprint density at radius 1 is 1.16 bits per heavy atom. The Bertz CT molecular complexity index is 613. The van der Waals surface area contributed by atoms with Crippen LogP contribution in [0.25, 0.3) is 0 Å². The van der Waals surface area contributed by atoms with Crippen molar-refractivity contribution in [1.29, 1.82) is 0 Å². The Hall–Kier alpha value is -1.52. The normalized spacial score (nSPS) is 23.3. The van der Waals surface area contributed by atoms with Gasteiger partial charge in [0.1, 0.15) is 5.75 Å². The molecule has 0 unspecified atom stereocenters. The molecule has 25 heavy (non-hydrogen) atoms. The van der Waals surface area contributed by atoms with Crippen molar-refractivity contribution in [2.45, 2.75) is 40.1 Å². The molecule has 0 amide bonds. The van der Waals surface area contributed by atoms with Crippen molar-refractivity contribution in [1.82, 2.24) is 0 Å². The fourth-order valence-corrected chi connectivity index (χ4v) is 4.21. The second-order valence-electron chi connectivity index (χ2n) is 7.97. The topological polar surface area (TPSA) is 27.7 Å². The van der Waals surface area contributed by atoms with Crippen LogP contribution in [0.4, 0.5) is 0 Å². The lowest BCUT2D eigenvalue weighted by molar-refractivity contribution is 0.0647. The SMILES string of the molecule is C=C(C)[C@H]1C=C(O[Si](C)(C)C)[C@H](C)[C@H]1COCc1ccc(OC)cc1. The summed E-state index contributed by atoms with van der Waals surface area (Å²) in [5.74, 6) is 3.08. The van der Waals surface area contributed by atoms with Crippen LogP contribution in [0.3, 0.4) is 0 Å². The highest BCUT2D eigenvalue weighted by Crippen LogP contribution is 2.41. The zero-order valence-corrected chi connectivity index (χ0v) is 17.5. The molecule has 138 valence electrons. The molecule has 0 saturated heterocycles. The van der Waals surface area contributed by atoms with E-state index >= 15 is 0 Å². The highest BCUT2D eigenvalue weighted by molar-refractivity contribution is 6.70. The highest BCUT2D eigenvalue weighted by atomic mass is 28.4. The van der Waals surface area contributed by atoms with E-state index in [9.17, 15) is 0 Å². The molecule has 2 rings (SSSR count). The molecule has 0 aromatic heterocycles. The van der Waals surface area contributed by atoms with Gasteiger partial charge in [-0.25, -0.2) is 0 Å². The number of allylic oxidation sites excluding steroid dienone is 3. The van der Waals surface area contributed by atoms with Crippen LogP contribution in [0.5, 0.6) is 5.75 Å². The van der Waals surface area contributed by atoms with Gasteiger partial charge < -0.3 is 13.9 Å². The van der Waals surface area contributed by atoms with Gasteiger partial charge in [0.05, 0.1) is 26.1 Å². The molecule has 3 atom stereocenters. The maximum atomic E-state index is 6.30.